The standard InChI is InChI=1S/C29H40BrN3O6/c1-7-16(3)21(22(34)39-6)31-26(36)29(37)24-28(17-14-18(30)20(38-5)15-19(17)32(24)4)11-13-33-12-9-10-27(8-2,23(28)33)25(29)35/h9-10,14-16,21,23-25,35,37H,7-8,11-13H2,1-6H3,(H,31,36)/t16-,21-,23-,24+,25+,27+,28+,29-/m0/s1. The van der Waals surface area contributed by atoms with E-state index in [2.05, 4.69) is 32.2 Å². The Labute approximate surface area is 238 Å². The van der Waals surface area contributed by atoms with Gasteiger partial charge in [-0.15, -0.1) is 0 Å². The normalized spacial score (nSPS) is 36.0. The summed E-state index contributed by atoms with van der Waals surface area (Å²) in [5.41, 5.74) is -1.91. The van der Waals surface area contributed by atoms with Gasteiger partial charge in [0, 0.05) is 42.2 Å². The van der Waals surface area contributed by atoms with E-state index >= 15 is 0 Å². The number of anilines is 1. The zero-order valence-electron chi connectivity index (χ0n) is 23.5. The summed E-state index contributed by atoms with van der Waals surface area (Å²) in [7, 11) is 4.75. The smallest absolute Gasteiger partial charge is 0.328 e. The second kappa shape index (κ2) is 9.75. The lowest BCUT2D eigenvalue weighted by Gasteiger charge is -2.63. The molecule has 2 fully saturated rings. The van der Waals surface area contributed by atoms with Crippen LogP contribution in [0.4, 0.5) is 5.69 Å². The molecule has 0 radical (unpaired) electrons. The average molecular weight is 607 g/mol. The van der Waals surface area contributed by atoms with E-state index in [-0.39, 0.29) is 12.0 Å². The number of amides is 1. The van der Waals surface area contributed by atoms with E-state index < -0.39 is 46.5 Å². The fourth-order valence-corrected chi connectivity index (χ4v) is 8.80. The van der Waals surface area contributed by atoms with Gasteiger partial charge in [0.15, 0.2) is 5.60 Å². The highest BCUT2D eigenvalue weighted by molar-refractivity contribution is 9.10. The van der Waals surface area contributed by atoms with Gasteiger partial charge in [-0.05, 0) is 52.9 Å². The van der Waals surface area contributed by atoms with Crippen molar-refractivity contribution in [1.29, 1.82) is 0 Å². The number of hydrogen-bond donors (Lipinski definition) is 3. The van der Waals surface area contributed by atoms with Gasteiger partial charge in [0.2, 0.25) is 0 Å². The molecular weight excluding hydrogens is 566 g/mol. The van der Waals surface area contributed by atoms with Crippen LogP contribution in [-0.4, -0.2) is 91.2 Å². The van der Waals surface area contributed by atoms with Crippen molar-refractivity contribution >= 4 is 33.5 Å². The molecule has 1 aromatic rings. The lowest BCUT2D eigenvalue weighted by atomic mass is 9.47. The lowest BCUT2D eigenvalue weighted by Crippen LogP contribution is -2.82. The fourth-order valence-electron chi connectivity index (χ4n) is 8.29. The Kier molecular flexibility index (Phi) is 7.10. The van der Waals surface area contributed by atoms with Crippen LogP contribution in [0, 0.1) is 11.3 Å². The molecule has 8 atom stereocenters. The minimum absolute atomic E-state index is 0.136. The van der Waals surface area contributed by atoms with Crippen molar-refractivity contribution in [3.8, 4) is 5.75 Å². The van der Waals surface area contributed by atoms with E-state index in [4.69, 9.17) is 9.47 Å². The number of rotatable bonds is 7. The molecule has 1 aliphatic carbocycles. The third kappa shape index (κ3) is 3.53. The number of carbonyl (C=O) groups is 2. The summed E-state index contributed by atoms with van der Waals surface area (Å²) >= 11 is 3.67. The van der Waals surface area contributed by atoms with E-state index in [1.54, 1.807) is 7.11 Å². The van der Waals surface area contributed by atoms with Gasteiger partial charge in [0.05, 0.1) is 24.7 Å². The second-order valence-corrected chi connectivity index (χ2v) is 12.5. The maximum Gasteiger partial charge on any atom is 0.328 e. The molecule has 0 aromatic heterocycles. The Morgan fingerprint density at radius 1 is 1.26 bits per heavy atom. The van der Waals surface area contributed by atoms with Crippen LogP contribution in [0.25, 0.3) is 0 Å². The summed E-state index contributed by atoms with van der Waals surface area (Å²) in [6, 6.07) is 2.11. The SMILES string of the molecule is CC[C@H](C)[C@H](NC(=O)[C@@]1(O)[C@H](O)[C@]2(CC)C=CCN3CC[C@@]4(c5cc(Br)c(OC)cc5N(C)[C@@H]14)[C@@H]32)C(=O)OC. The number of aliphatic hydroxyl groups excluding tert-OH is 1. The Morgan fingerprint density at radius 3 is 2.59 bits per heavy atom. The van der Waals surface area contributed by atoms with Crippen molar-refractivity contribution in [2.75, 3.05) is 39.3 Å². The largest absolute Gasteiger partial charge is 0.495 e. The van der Waals surface area contributed by atoms with E-state index in [1.807, 2.05) is 50.9 Å². The van der Waals surface area contributed by atoms with Crippen molar-refractivity contribution in [3.63, 3.8) is 0 Å². The Bertz CT molecular complexity index is 1210. The first-order valence-corrected chi connectivity index (χ1v) is 14.6. The molecule has 1 saturated carbocycles. The molecule has 9 nitrogen and oxygen atoms in total. The molecule has 3 aliphatic heterocycles. The van der Waals surface area contributed by atoms with E-state index in [0.29, 0.717) is 25.0 Å². The van der Waals surface area contributed by atoms with Crippen LogP contribution >= 0.6 is 15.9 Å². The van der Waals surface area contributed by atoms with Crippen molar-refractivity contribution in [3.05, 3.63) is 34.3 Å². The van der Waals surface area contributed by atoms with E-state index in [1.165, 1.54) is 7.11 Å². The van der Waals surface area contributed by atoms with Crippen LogP contribution in [0.5, 0.6) is 5.75 Å². The highest BCUT2D eigenvalue weighted by Gasteiger charge is 2.78. The molecule has 3 N–H and O–H groups in total. The molecule has 10 heteroatoms. The number of esters is 1. The van der Waals surface area contributed by atoms with Crippen LogP contribution in [0.1, 0.15) is 45.6 Å². The number of benzene rings is 1. The Balaban J connectivity index is 1.74. The molecule has 0 unspecified atom stereocenters. The van der Waals surface area contributed by atoms with Gasteiger partial charge in [-0.1, -0.05) is 39.3 Å². The fraction of sp³-hybridized carbons (Fsp3) is 0.655. The highest BCUT2D eigenvalue weighted by atomic mass is 79.9. The van der Waals surface area contributed by atoms with Crippen LogP contribution in [-0.2, 0) is 19.7 Å². The Morgan fingerprint density at radius 2 is 1.97 bits per heavy atom. The number of ether oxygens (including phenoxy) is 2. The predicted molar refractivity (Wildman–Crippen MR) is 151 cm³/mol. The molecule has 1 aromatic carbocycles. The summed E-state index contributed by atoms with van der Waals surface area (Å²) in [4.78, 5) is 31.4. The topological polar surface area (TPSA) is 112 Å². The summed E-state index contributed by atoms with van der Waals surface area (Å²) in [5.74, 6) is -0.926. The molecule has 4 aliphatic rings. The molecule has 0 bridgehead atoms. The first kappa shape index (κ1) is 28.4. The Hall–Kier alpha value is -2.14. The number of carbonyl (C=O) groups excluding carboxylic acids is 2. The van der Waals surface area contributed by atoms with Gasteiger partial charge in [0.25, 0.3) is 5.91 Å². The van der Waals surface area contributed by atoms with Crippen molar-refractivity contribution < 1.29 is 29.3 Å². The van der Waals surface area contributed by atoms with Gasteiger partial charge in [-0.3, -0.25) is 9.69 Å². The molecule has 1 saturated heterocycles. The van der Waals surface area contributed by atoms with E-state index in [0.717, 1.165) is 28.8 Å². The predicted octanol–water partition coefficient (Wildman–Crippen LogP) is 2.36. The first-order valence-electron chi connectivity index (χ1n) is 13.8. The van der Waals surface area contributed by atoms with E-state index in [9.17, 15) is 19.8 Å². The zero-order valence-corrected chi connectivity index (χ0v) is 25.1. The quantitative estimate of drug-likeness (QED) is 0.321. The van der Waals surface area contributed by atoms with Crippen LogP contribution in [0.2, 0.25) is 0 Å². The number of likely N-dealkylation sites (N-methyl/N-ethyl adjacent to an activating group) is 1. The molecule has 1 spiro atoms. The van der Waals surface area contributed by atoms with Gasteiger partial charge in [-0.2, -0.15) is 0 Å². The van der Waals surface area contributed by atoms with Gasteiger partial charge < -0.3 is 29.9 Å². The number of methoxy groups -OCH3 is 2. The number of fused-ring (bicyclic) bond motifs is 1. The monoisotopic (exact) mass is 605 g/mol. The minimum atomic E-state index is -2.24. The summed E-state index contributed by atoms with van der Waals surface area (Å²) in [6.07, 6.45) is 4.48. The molecule has 1 amide bonds. The number of hydrogen-bond acceptors (Lipinski definition) is 8. The van der Waals surface area contributed by atoms with Gasteiger partial charge in [-0.25, -0.2) is 4.79 Å². The number of aliphatic hydroxyl groups is 2. The highest BCUT2D eigenvalue weighted by Crippen LogP contribution is 2.67. The average Bonchev–Trinajstić information content (AvgIpc) is 3.44. The third-order valence-electron chi connectivity index (χ3n) is 10.2. The number of nitrogens with zero attached hydrogens (tertiary/aromatic N) is 2. The van der Waals surface area contributed by atoms with Crippen molar-refractivity contribution in [2.24, 2.45) is 11.3 Å². The maximum atomic E-state index is 14.4. The summed E-state index contributed by atoms with van der Waals surface area (Å²) in [5, 5.41) is 27.8. The van der Waals surface area contributed by atoms with Crippen LogP contribution in [0.3, 0.4) is 0 Å². The lowest BCUT2D eigenvalue weighted by molar-refractivity contribution is -0.204. The summed E-state index contributed by atoms with van der Waals surface area (Å²) < 4.78 is 11.4. The molecule has 39 heavy (non-hydrogen) atoms. The van der Waals surface area contributed by atoms with Gasteiger partial charge >= 0.3 is 5.97 Å². The summed E-state index contributed by atoms with van der Waals surface area (Å²) in [6.45, 7) is 7.30. The molecule has 214 valence electrons. The van der Waals surface area contributed by atoms with Crippen molar-refractivity contribution in [2.45, 2.75) is 75.3 Å². The van der Waals surface area contributed by atoms with Gasteiger partial charge in [0.1, 0.15) is 17.9 Å². The third-order valence-corrected chi connectivity index (χ3v) is 10.9. The molecular formula is C29H40BrN3O6. The minimum Gasteiger partial charge on any atom is -0.495 e. The maximum absolute atomic E-state index is 14.4. The second-order valence-electron chi connectivity index (χ2n) is 11.7. The van der Waals surface area contributed by atoms with Crippen LogP contribution in [0.15, 0.2) is 28.8 Å². The zero-order chi connectivity index (χ0) is 28.5. The first-order chi connectivity index (χ1) is 18.5. The van der Waals surface area contributed by atoms with Crippen LogP contribution < -0.4 is 15.0 Å². The molecule has 3 heterocycles. The number of halogens is 1. The van der Waals surface area contributed by atoms with Crippen molar-refractivity contribution in [1.82, 2.24) is 10.2 Å². The molecule has 5 rings (SSSR count). The number of nitrogens with one attached hydrogen (secondary N) is 1.